The van der Waals surface area contributed by atoms with E-state index in [0.29, 0.717) is 34.3 Å². The van der Waals surface area contributed by atoms with Crippen molar-refractivity contribution in [3.05, 3.63) is 81.0 Å². The van der Waals surface area contributed by atoms with Crippen molar-refractivity contribution in [2.24, 2.45) is 0 Å². The monoisotopic (exact) mass is 415 g/mol. The van der Waals surface area contributed by atoms with Gasteiger partial charge in [0.15, 0.2) is 0 Å². The van der Waals surface area contributed by atoms with Gasteiger partial charge in [-0.1, -0.05) is 59.6 Å². The standard InChI is InChI=1S/C21H19Cl2N3O2/c1-25-17-12-26(10-9-13-5-3-2-4-6-13)20(27)18(17)19(24-21(25)28)15-8-7-14(22)11-16(15)23/h2-8,11,19H,9-10,12H2,1H3,(H,24,28). The second kappa shape index (κ2) is 7.49. The van der Waals surface area contributed by atoms with Gasteiger partial charge in [0.25, 0.3) is 5.91 Å². The van der Waals surface area contributed by atoms with Gasteiger partial charge in [0.05, 0.1) is 23.9 Å². The Morgan fingerprint density at radius 1 is 1.11 bits per heavy atom. The number of carbonyl (C=O) groups is 2. The zero-order valence-electron chi connectivity index (χ0n) is 15.3. The van der Waals surface area contributed by atoms with Gasteiger partial charge in [0.2, 0.25) is 0 Å². The van der Waals surface area contributed by atoms with E-state index >= 15 is 0 Å². The van der Waals surface area contributed by atoms with E-state index in [1.54, 1.807) is 30.1 Å². The fourth-order valence-corrected chi connectivity index (χ4v) is 4.20. The topological polar surface area (TPSA) is 52.7 Å². The zero-order chi connectivity index (χ0) is 19.8. The number of amides is 3. The van der Waals surface area contributed by atoms with Gasteiger partial charge in [0.1, 0.15) is 0 Å². The van der Waals surface area contributed by atoms with Gasteiger partial charge >= 0.3 is 6.03 Å². The van der Waals surface area contributed by atoms with Crippen molar-refractivity contribution in [1.29, 1.82) is 0 Å². The molecule has 3 amide bonds. The molecule has 4 rings (SSSR count). The van der Waals surface area contributed by atoms with Crippen molar-refractivity contribution >= 4 is 35.1 Å². The molecule has 5 nitrogen and oxygen atoms in total. The molecule has 2 aromatic carbocycles. The molecular weight excluding hydrogens is 397 g/mol. The van der Waals surface area contributed by atoms with Crippen LogP contribution in [-0.2, 0) is 11.2 Å². The Kier molecular flexibility index (Phi) is 5.04. The largest absolute Gasteiger partial charge is 0.333 e. The van der Waals surface area contributed by atoms with Gasteiger partial charge in [-0.3, -0.25) is 9.69 Å². The first kappa shape index (κ1) is 18.8. The number of carbonyl (C=O) groups excluding carboxylic acids is 2. The normalized spacial score (nSPS) is 19.2. The van der Waals surface area contributed by atoms with Gasteiger partial charge in [0, 0.05) is 23.6 Å². The number of nitrogens with one attached hydrogen (secondary N) is 1. The average molecular weight is 416 g/mol. The molecule has 0 saturated carbocycles. The molecule has 2 aromatic rings. The molecule has 0 spiro atoms. The summed E-state index contributed by atoms with van der Waals surface area (Å²) in [4.78, 5) is 29.0. The molecular formula is C21H19Cl2N3O2. The van der Waals surface area contributed by atoms with Crippen LogP contribution in [0.3, 0.4) is 0 Å². The SMILES string of the molecule is CN1C(=O)NC(c2ccc(Cl)cc2Cl)C2=C1CN(CCc1ccccc1)C2=O. The summed E-state index contributed by atoms with van der Waals surface area (Å²) in [6.07, 6.45) is 0.755. The highest BCUT2D eigenvalue weighted by molar-refractivity contribution is 6.35. The van der Waals surface area contributed by atoms with Gasteiger partial charge < -0.3 is 10.2 Å². The third-order valence-electron chi connectivity index (χ3n) is 5.22. The molecule has 0 bridgehead atoms. The van der Waals surface area contributed by atoms with Crippen LogP contribution in [-0.4, -0.2) is 41.9 Å². The molecule has 1 unspecified atom stereocenters. The number of halogens is 2. The quantitative estimate of drug-likeness (QED) is 0.819. The number of nitrogens with zero attached hydrogens (tertiary/aromatic N) is 2. The molecule has 7 heteroatoms. The molecule has 2 aliphatic heterocycles. The first-order valence-corrected chi connectivity index (χ1v) is 9.76. The minimum atomic E-state index is -0.585. The second-order valence-corrected chi connectivity index (χ2v) is 7.77. The lowest BCUT2D eigenvalue weighted by atomic mass is 9.95. The Balaban J connectivity index is 1.62. The lowest BCUT2D eigenvalue weighted by molar-refractivity contribution is -0.125. The summed E-state index contributed by atoms with van der Waals surface area (Å²) in [6, 6.07) is 14.3. The molecule has 1 atom stereocenters. The number of urea groups is 1. The Hall–Kier alpha value is -2.50. The number of benzene rings is 2. The third kappa shape index (κ3) is 3.36. The summed E-state index contributed by atoms with van der Waals surface area (Å²) in [5.41, 5.74) is 3.12. The molecule has 0 aromatic heterocycles. The Morgan fingerprint density at radius 3 is 2.57 bits per heavy atom. The second-order valence-electron chi connectivity index (χ2n) is 6.93. The smallest absolute Gasteiger partial charge is 0.322 e. The lowest BCUT2D eigenvalue weighted by Crippen LogP contribution is -2.45. The summed E-state index contributed by atoms with van der Waals surface area (Å²) in [6.45, 7) is 0.992. The van der Waals surface area contributed by atoms with Crippen molar-refractivity contribution in [3.8, 4) is 0 Å². The van der Waals surface area contributed by atoms with Gasteiger partial charge in [-0.25, -0.2) is 4.79 Å². The molecule has 2 aliphatic rings. The molecule has 0 fully saturated rings. The van der Waals surface area contributed by atoms with Crippen LogP contribution < -0.4 is 5.32 Å². The fraction of sp³-hybridized carbons (Fsp3) is 0.238. The summed E-state index contributed by atoms with van der Waals surface area (Å²) >= 11 is 12.4. The summed E-state index contributed by atoms with van der Waals surface area (Å²) in [5.74, 6) is -0.0752. The van der Waals surface area contributed by atoms with Crippen molar-refractivity contribution < 1.29 is 9.59 Å². The summed E-state index contributed by atoms with van der Waals surface area (Å²) < 4.78 is 0. The van der Waals surface area contributed by atoms with E-state index in [9.17, 15) is 9.59 Å². The Morgan fingerprint density at radius 2 is 1.86 bits per heavy atom. The van der Waals surface area contributed by atoms with Gasteiger partial charge in [-0.05, 0) is 29.7 Å². The van der Waals surface area contributed by atoms with Crippen LogP contribution >= 0.6 is 23.2 Å². The Bertz CT molecular complexity index is 975. The van der Waals surface area contributed by atoms with Crippen molar-refractivity contribution in [1.82, 2.24) is 15.1 Å². The molecule has 144 valence electrons. The highest BCUT2D eigenvalue weighted by atomic mass is 35.5. The van der Waals surface area contributed by atoms with Crippen molar-refractivity contribution in [2.75, 3.05) is 20.1 Å². The number of likely N-dealkylation sites (N-methyl/N-ethyl adjacent to an activating group) is 1. The highest BCUT2D eigenvalue weighted by Crippen LogP contribution is 2.38. The minimum Gasteiger partial charge on any atom is -0.333 e. The maximum absolute atomic E-state index is 13.2. The fourth-order valence-electron chi connectivity index (χ4n) is 3.68. The maximum atomic E-state index is 13.2. The van der Waals surface area contributed by atoms with Crippen LogP contribution in [0.1, 0.15) is 17.2 Å². The first-order chi connectivity index (χ1) is 13.5. The summed E-state index contributed by atoms with van der Waals surface area (Å²) in [7, 11) is 1.68. The highest BCUT2D eigenvalue weighted by Gasteiger charge is 2.43. The van der Waals surface area contributed by atoms with E-state index in [1.165, 1.54) is 10.5 Å². The predicted octanol–water partition coefficient (Wildman–Crippen LogP) is 4.03. The molecule has 0 radical (unpaired) electrons. The third-order valence-corrected chi connectivity index (χ3v) is 5.78. The summed E-state index contributed by atoms with van der Waals surface area (Å²) in [5, 5.41) is 3.82. The lowest BCUT2D eigenvalue weighted by Gasteiger charge is -2.31. The minimum absolute atomic E-state index is 0.0752. The average Bonchev–Trinajstić information content (AvgIpc) is 3.01. The van der Waals surface area contributed by atoms with Crippen molar-refractivity contribution in [3.63, 3.8) is 0 Å². The van der Waals surface area contributed by atoms with Crippen LogP contribution in [0.4, 0.5) is 4.79 Å². The number of rotatable bonds is 4. The van der Waals surface area contributed by atoms with Gasteiger partial charge in [-0.2, -0.15) is 0 Å². The maximum Gasteiger partial charge on any atom is 0.322 e. The van der Waals surface area contributed by atoms with E-state index in [1.807, 2.05) is 30.3 Å². The number of hydrogen-bond acceptors (Lipinski definition) is 2. The van der Waals surface area contributed by atoms with E-state index < -0.39 is 6.04 Å². The molecule has 1 N–H and O–H groups in total. The van der Waals surface area contributed by atoms with Crippen LogP contribution in [0, 0.1) is 0 Å². The molecule has 0 aliphatic carbocycles. The van der Waals surface area contributed by atoms with Crippen LogP contribution in [0.5, 0.6) is 0 Å². The zero-order valence-corrected chi connectivity index (χ0v) is 16.8. The van der Waals surface area contributed by atoms with Crippen LogP contribution in [0.2, 0.25) is 10.0 Å². The molecule has 28 heavy (non-hydrogen) atoms. The molecule has 0 saturated heterocycles. The first-order valence-electron chi connectivity index (χ1n) is 9.01. The number of hydrogen-bond donors (Lipinski definition) is 1. The van der Waals surface area contributed by atoms with E-state index in [4.69, 9.17) is 23.2 Å². The van der Waals surface area contributed by atoms with E-state index in [2.05, 4.69) is 5.32 Å². The predicted molar refractivity (Wildman–Crippen MR) is 109 cm³/mol. The van der Waals surface area contributed by atoms with E-state index in [0.717, 1.165) is 12.1 Å². The van der Waals surface area contributed by atoms with Crippen molar-refractivity contribution in [2.45, 2.75) is 12.5 Å². The van der Waals surface area contributed by atoms with E-state index in [-0.39, 0.29) is 11.9 Å². The van der Waals surface area contributed by atoms with Crippen LogP contribution in [0.25, 0.3) is 0 Å². The van der Waals surface area contributed by atoms with Gasteiger partial charge in [-0.15, -0.1) is 0 Å². The molecule has 2 heterocycles. The Labute approximate surface area is 173 Å². The van der Waals surface area contributed by atoms with Crippen LogP contribution in [0.15, 0.2) is 59.8 Å².